The van der Waals surface area contributed by atoms with E-state index in [1.54, 1.807) is 42.5 Å². The lowest BCUT2D eigenvalue weighted by Gasteiger charge is -2.12. The highest BCUT2D eigenvalue weighted by molar-refractivity contribution is 6.35. The lowest BCUT2D eigenvalue weighted by molar-refractivity contribution is -0.151. The van der Waals surface area contributed by atoms with Gasteiger partial charge in [-0.15, -0.1) is 0 Å². The van der Waals surface area contributed by atoms with Crippen molar-refractivity contribution in [1.82, 2.24) is 0 Å². The lowest BCUT2D eigenvalue weighted by atomic mass is 10.1. The molecule has 0 aromatic heterocycles. The normalized spacial score (nSPS) is 12.6. The third-order valence-corrected chi connectivity index (χ3v) is 3.90. The van der Waals surface area contributed by atoms with E-state index in [9.17, 15) is 4.79 Å². The molecule has 0 heterocycles. The summed E-state index contributed by atoms with van der Waals surface area (Å²) in [5, 5.41) is 5.08. The molecule has 0 spiro atoms. The number of nitrogens with two attached hydrogens (primary N) is 1. The minimum Gasteiger partial charge on any atom is -0.479 e. The average Bonchev–Trinajstić information content (AvgIpc) is 2.55. The summed E-state index contributed by atoms with van der Waals surface area (Å²) in [6.45, 7) is 1.53. The lowest BCUT2D eigenvalue weighted by Crippen LogP contribution is -2.26. The first-order chi connectivity index (χ1) is 11.8. The molecule has 2 rings (SSSR count). The molecule has 2 N–H and O–H groups in total. The third kappa shape index (κ3) is 6.12. The van der Waals surface area contributed by atoms with Crippen molar-refractivity contribution >= 4 is 46.6 Å². The van der Waals surface area contributed by atoms with Gasteiger partial charge in [-0.3, -0.25) is 0 Å². The van der Waals surface area contributed by atoms with E-state index in [2.05, 4.69) is 5.16 Å². The first kappa shape index (κ1) is 19.4. The van der Waals surface area contributed by atoms with Crippen molar-refractivity contribution in [3.8, 4) is 5.75 Å². The van der Waals surface area contributed by atoms with Gasteiger partial charge in [0, 0.05) is 21.5 Å². The van der Waals surface area contributed by atoms with E-state index < -0.39 is 12.1 Å². The second-order valence-corrected chi connectivity index (χ2v) is 6.40. The molecular formula is C17H15Cl3N2O3. The Morgan fingerprint density at radius 2 is 1.88 bits per heavy atom. The van der Waals surface area contributed by atoms with Crippen LogP contribution >= 0.6 is 34.8 Å². The summed E-state index contributed by atoms with van der Waals surface area (Å²) in [6, 6.07) is 11.7. The number of benzene rings is 2. The second-order valence-electron chi connectivity index (χ2n) is 5.12. The molecule has 0 saturated carbocycles. The fourth-order valence-corrected chi connectivity index (χ4v) is 2.52. The van der Waals surface area contributed by atoms with Crippen LogP contribution in [0.15, 0.2) is 47.6 Å². The van der Waals surface area contributed by atoms with Gasteiger partial charge in [-0.05, 0) is 42.8 Å². The van der Waals surface area contributed by atoms with Gasteiger partial charge >= 0.3 is 5.97 Å². The molecule has 0 unspecified atom stereocenters. The SMILES string of the molecule is C[C@H](Oc1cccc(Cl)c1)C(=O)O/N=C(/N)Cc1ccc(Cl)cc1Cl. The van der Waals surface area contributed by atoms with Crippen LogP contribution in [0.5, 0.6) is 5.75 Å². The molecule has 0 fully saturated rings. The number of halogens is 3. The number of hydrogen-bond acceptors (Lipinski definition) is 4. The monoisotopic (exact) mass is 400 g/mol. The van der Waals surface area contributed by atoms with Crippen LogP contribution in [0.25, 0.3) is 0 Å². The highest BCUT2D eigenvalue weighted by atomic mass is 35.5. The summed E-state index contributed by atoms with van der Waals surface area (Å²) in [5.41, 5.74) is 6.47. The highest BCUT2D eigenvalue weighted by Crippen LogP contribution is 2.21. The second kappa shape index (κ2) is 8.94. The molecule has 132 valence electrons. The Morgan fingerprint density at radius 1 is 1.16 bits per heavy atom. The fraction of sp³-hybridized carbons (Fsp3) is 0.176. The van der Waals surface area contributed by atoms with Crippen molar-refractivity contribution < 1.29 is 14.4 Å². The van der Waals surface area contributed by atoms with Gasteiger partial charge in [0.15, 0.2) is 6.10 Å². The standard InChI is InChI=1S/C17H15Cl3N2O3/c1-10(24-14-4-2-3-12(18)8-14)17(23)25-22-16(21)7-11-5-6-13(19)9-15(11)20/h2-6,8-10H,7H2,1H3,(H2,21,22)/t10-/m0/s1. The zero-order valence-electron chi connectivity index (χ0n) is 13.2. The van der Waals surface area contributed by atoms with Crippen LogP contribution < -0.4 is 10.5 Å². The molecule has 0 bridgehead atoms. The molecule has 2 aromatic carbocycles. The van der Waals surface area contributed by atoms with Gasteiger partial charge in [-0.1, -0.05) is 52.1 Å². The Bertz CT molecular complexity index is 796. The van der Waals surface area contributed by atoms with E-state index in [4.69, 9.17) is 50.1 Å². The average molecular weight is 402 g/mol. The maximum Gasteiger partial charge on any atom is 0.374 e. The smallest absolute Gasteiger partial charge is 0.374 e. The number of rotatable bonds is 6. The molecule has 1 atom stereocenters. The Hall–Kier alpha value is -1.95. The number of nitrogens with zero attached hydrogens (tertiary/aromatic N) is 1. The number of hydrogen-bond donors (Lipinski definition) is 1. The van der Waals surface area contributed by atoms with Gasteiger partial charge in [-0.2, -0.15) is 0 Å². The predicted molar refractivity (Wildman–Crippen MR) is 99.4 cm³/mol. The quantitative estimate of drug-likeness (QED) is 0.335. The summed E-state index contributed by atoms with van der Waals surface area (Å²) in [4.78, 5) is 16.7. The molecule has 8 heteroatoms. The van der Waals surface area contributed by atoms with Gasteiger partial charge in [0.05, 0.1) is 0 Å². The van der Waals surface area contributed by atoms with Gasteiger partial charge in [-0.25, -0.2) is 4.79 Å². The maximum atomic E-state index is 11.9. The molecule has 5 nitrogen and oxygen atoms in total. The zero-order valence-corrected chi connectivity index (χ0v) is 15.5. The van der Waals surface area contributed by atoms with E-state index in [0.29, 0.717) is 26.4 Å². The van der Waals surface area contributed by atoms with Crippen LogP contribution in [0, 0.1) is 0 Å². The molecular weight excluding hydrogens is 387 g/mol. The predicted octanol–water partition coefficient (Wildman–Crippen LogP) is 4.47. The van der Waals surface area contributed by atoms with Crippen molar-refractivity contribution in [1.29, 1.82) is 0 Å². The van der Waals surface area contributed by atoms with Crippen molar-refractivity contribution in [3.05, 3.63) is 63.1 Å². The first-order valence-electron chi connectivity index (χ1n) is 7.24. The number of carbonyl (C=O) groups excluding carboxylic acids is 1. The topological polar surface area (TPSA) is 73.9 Å². The third-order valence-electron chi connectivity index (χ3n) is 3.08. The minimum atomic E-state index is -0.880. The first-order valence-corrected chi connectivity index (χ1v) is 8.38. The summed E-state index contributed by atoms with van der Waals surface area (Å²) in [5.74, 6) is -0.153. The Kier molecular flexibility index (Phi) is 6.93. The van der Waals surface area contributed by atoms with E-state index in [1.807, 2.05) is 0 Å². The Balaban J connectivity index is 1.91. The molecule has 0 saturated heterocycles. The molecule has 0 amide bonds. The number of oxime groups is 1. The van der Waals surface area contributed by atoms with E-state index in [0.717, 1.165) is 0 Å². The Morgan fingerprint density at radius 3 is 2.56 bits per heavy atom. The van der Waals surface area contributed by atoms with Gasteiger partial charge in [0.2, 0.25) is 0 Å². The van der Waals surface area contributed by atoms with Crippen LogP contribution in [0.4, 0.5) is 0 Å². The largest absolute Gasteiger partial charge is 0.479 e. The van der Waals surface area contributed by atoms with Crippen LogP contribution in [-0.4, -0.2) is 17.9 Å². The van der Waals surface area contributed by atoms with Gasteiger partial charge in [0.25, 0.3) is 0 Å². The van der Waals surface area contributed by atoms with Gasteiger partial charge in [0.1, 0.15) is 11.6 Å². The summed E-state index contributed by atoms with van der Waals surface area (Å²) in [7, 11) is 0. The number of carbonyl (C=O) groups is 1. The number of ether oxygens (including phenoxy) is 1. The minimum absolute atomic E-state index is 0.0903. The summed E-state index contributed by atoms with van der Waals surface area (Å²) < 4.78 is 5.43. The van der Waals surface area contributed by atoms with Gasteiger partial charge < -0.3 is 15.3 Å². The van der Waals surface area contributed by atoms with E-state index in [1.165, 1.54) is 6.92 Å². The maximum absolute atomic E-state index is 11.9. The molecule has 0 aliphatic heterocycles. The Labute approximate surface area is 160 Å². The zero-order chi connectivity index (χ0) is 18.4. The molecule has 25 heavy (non-hydrogen) atoms. The molecule has 0 aliphatic carbocycles. The van der Waals surface area contributed by atoms with Crippen molar-refractivity contribution in [2.75, 3.05) is 0 Å². The van der Waals surface area contributed by atoms with Crippen molar-refractivity contribution in [3.63, 3.8) is 0 Å². The van der Waals surface area contributed by atoms with Crippen LogP contribution in [0.2, 0.25) is 15.1 Å². The van der Waals surface area contributed by atoms with Crippen molar-refractivity contribution in [2.45, 2.75) is 19.4 Å². The summed E-state index contributed by atoms with van der Waals surface area (Å²) in [6.07, 6.45) is -0.665. The summed E-state index contributed by atoms with van der Waals surface area (Å²) >= 11 is 17.7. The van der Waals surface area contributed by atoms with E-state index >= 15 is 0 Å². The fourth-order valence-electron chi connectivity index (χ4n) is 1.86. The molecule has 0 aliphatic rings. The van der Waals surface area contributed by atoms with Crippen LogP contribution in [-0.2, 0) is 16.1 Å². The molecule has 0 radical (unpaired) electrons. The van der Waals surface area contributed by atoms with E-state index in [-0.39, 0.29) is 12.3 Å². The van der Waals surface area contributed by atoms with Crippen LogP contribution in [0.3, 0.4) is 0 Å². The van der Waals surface area contributed by atoms with Crippen LogP contribution in [0.1, 0.15) is 12.5 Å². The molecule has 2 aromatic rings. The van der Waals surface area contributed by atoms with Crippen molar-refractivity contribution in [2.24, 2.45) is 10.9 Å². The highest BCUT2D eigenvalue weighted by Gasteiger charge is 2.17. The number of amidine groups is 1.